The van der Waals surface area contributed by atoms with Crippen LogP contribution in [0.2, 0.25) is 0 Å². The zero-order valence-electron chi connectivity index (χ0n) is 13.8. The van der Waals surface area contributed by atoms with E-state index in [4.69, 9.17) is 4.74 Å². The van der Waals surface area contributed by atoms with E-state index < -0.39 is 0 Å². The maximum Gasteiger partial charge on any atom is 0.251 e. The van der Waals surface area contributed by atoms with E-state index in [9.17, 15) is 15.3 Å². The fraction of sp³-hybridized carbons (Fsp3) is 0.222. The molecule has 2 heterocycles. The van der Waals surface area contributed by atoms with Crippen molar-refractivity contribution < 1.29 is 9.53 Å². The number of ether oxygens (including phenoxy) is 1. The van der Waals surface area contributed by atoms with Crippen LogP contribution in [0.5, 0.6) is 5.75 Å². The number of carbonyl (C=O) groups excluding carboxylic acids is 1. The molecule has 3 rings (SSSR count). The average molecular weight is 333 g/mol. The van der Waals surface area contributed by atoms with Gasteiger partial charge in [-0.25, -0.2) is 4.98 Å². The molecule has 1 aromatic carbocycles. The van der Waals surface area contributed by atoms with Gasteiger partial charge in [0.2, 0.25) is 0 Å². The molecule has 0 unspecified atom stereocenters. The molecule has 0 saturated heterocycles. The monoisotopic (exact) mass is 333 g/mol. The lowest BCUT2D eigenvalue weighted by molar-refractivity contribution is 0.0963. The lowest BCUT2D eigenvalue weighted by Gasteiger charge is -2.13. The van der Waals surface area contributed by atoms with Crippen LogP contribution in [0, 0.1) is 22.8 Å². The Balaban J connectivity index is 2.26. The zero-order chi connectivity index (χ0) is 18.0. The van der Waals surface area contributed by atoms with Gasteiger partial charge in [-0.05, 0) is 34.9 Å². The summed E-state index contributed by atoms with van der Waals surface area (Å²) in [5.74, 6) is 0.289. The van der Waals surface area contributed by atoms with Crippen LogP contribution in [-0.2, 0) is 13.1 Å². The van der Waals surface area contributed by atoms with Crippen LogP contribution in [0.3, 0.4) is 0 Å². The molecule has 7 heteroatoms. The molecule has 0 aliphatic carbocycles. The summed E-state index contributed by atoms with van der Waals surface area (Å²) in [5, 5.41) is 21.2. The van der Waals surface area contributed by atoms with Crippen molar-refractivity contribution in [1.29, 1.82) is 10.5 Å². The maximum absolute atomic E-state index is 12.1. The average Bonchev–Trinajstić information content (AvgIpc) is 3.09. The molecular formula is C18H15N5O2. The number of nitrogens with one attached hydrogen (secondary N) is 1. The fourth-order valence-corrected chi connectivity index (χ4v) is 2.95. The number of hydrogen-bond acceptors (Lipinski definition) is 6. The van der Waals surface area contributed by atoms with Crippen molar-refractivity contribution in [2.75, 3.05) is 14.2 Å². The van der Waals surface area contributed by atoms with E-state index in [1.807, 2.05) is 0 Å². The normalized spacial score (nSPS) is 12.1. The number of pyridine rings is 1. The van der Waals surface area contributed by atoms with Crippen molar-refractivity contribution in [2.24, 2.45) is 0 Å². The predicted octanol–water partition coefficient (Wildman–Crippen LogP) is 1.79. The largest absolute Gasteiger partial charge is 0.495 e. The summed E-state index contributed by atoms with van der Waals surface area (Å²) >= 11 is 0. The van der Waals surface area contributed by atoms with E-state index in [-0.39, 0.29) is 11.6 Å². The van der Waals surface area contributed by atoms with E-state index in [0.717, 1.165) is 16.7 Å². The minimum absolute atomic E-state index is 0.228. The number of amides is 1. The third-order valence-electron chi connectivity index (χ3n) is 4.18. The molecule has 25 heavy (non-hydrogen) atoms. The standard InChI is InChI=1S/C18H15N5O2/c1-21-18(24)11-3-12-8-23(10-20)9-16(12)14(4-11)15-5-13(25-2)7-22-17(15)6-19/h3-5,7H,8-9H2,1-2H3,(H,21,24). The Hall–Kier alpha value is -3.58. The lowest BCUT2D eigenvalue weighted by Crippen LogP contribution is -2.18. The number of hydrogen-bond donors (Lipinski definition) is 1. The molecule has 0 saturated carbocycles. The maximum atomic E-state index is 12.1. The first-order valence-corrected chi connectivity index (χ1v) is 7.58. The van der Waals surface area contributed by atoms with Crippen molar-refractivity contribution >= 4 is 5.91 Å². The first-order chi connectivity index (χ1) is 12.1. The molecule has 0 radical (unpaired) electrons. The molecule has 2 aromatic rings. The number of aromatic nitrogens is 1. The van der Waals surface area contributed by atoms with Crippen molar-refractivity contribution in [3.8, 4) is 29.1 Å². The van der Waals surface area contributed by atoms with Gasteiger partial charge < -0.3 is 15.0 Å². The predicted molar refractivity (Wildman–Crippen MR) is 89.2 cm³/mol. The molecule has 0 fully saturated rings. The van der Waals surface area contributed by atoms with Crippen LogP contribution in [0.15, 0.2) is 24.4 Å². The molecule has 1 aliphatic rings. The zero-order valence-corrected chi connectivity index (χ0v) is 13.8. The Kier molecular flexibility index (Phi) is 4.23. The summed E-state index contributed by atoms with van der Waals surface area (Å²) in [7, 11) is 3.08. The highest BCUT2D eigenvalue weighted by molar-refractivity contribution is 5.96. The first-order valence-electron chi connectivity index (χ1n) is 7.58. The van der Waals surface area contributed by atoms with Gasteiger partial charge in [-0.15, -0.1) is 0 Å². The van der Waals surface area contributed by atoms with Gasteiger partial charge in [-0.1, -0.05) is 0 Å². The minimum atomic E-state index is -0.228. The molecule has 124 valence electrons. The van der Waals surface area contributed by atoms with Gasteiger partial charge in [0, 0.05) is 18.2 Å². The topological polar surface area (TPSA) is 102 Å². The second-order valence-electron chi connectivity index (χ2n) is 5.58. The highest BCUT2D eigenvalue weighted by Gasteiger charge is 2.25. The van der Waals surface area contributed by atoms with E-state index in [1.54, 1.807) is 30.1 Å². The van der Waals surface area contributed by atoms with Gasteiger partial charge in [0.15, 0.2) is 6.19 Å². The van der Waals surface area contributed by atoms with Crippen LogP contribution in [0.25, 0.3) is 11.1 Å². The van der Waals surface area contributed by atoms with Gasteiger partial charge in [0.05, 0.1) is 26.4 Å². The van der Waals surface area contributed by atoms with Crippen LogP contribution >= 0.6 is 0 Å². The SMILES string of the molecule is CNC(=O)c1cc2c(c(-c3cc(OC)cnc3C#N)c1)CN(C#N)C2. The Labute approximate surface area is 145 Å². The summed E-state index contributed by atoms with van der Waals surface area (Å²) < 4.78 is 5.22. The third kappa shape index (κ3) is 2.84. The van der Waals surface area contributed by atoms with Gasteiger partial charge in [-0.2, -0.15) is 10.5 Å². The van der Waals surface area contributed by atoms with Gasteiger partial charge in [-0.3, -0.25) is 4.79 Å². The lowest BCUT2D eigenvalue weighted by atomic mass is 9.93. The molecule has 1 aromatic heterocycles. The molecule has 1 N–H and O–H groups in total. The first kappa shape index (κ1) is 16.3. The van der Waals surface area contributed by atoms with E-state index in [0.29, 0.717) is 30.0 Å². The van der Waals surface area contributed by atoms with Gasteiger partial charge in [0.1, 0.15) is 17.5 Å². The van der Waals surface area contributed by atoms with Gasteiger partial charge >= 0.3 is 0 Å². The van der Waals surface area contributed by atoms with E-state index in [2.05, 4.69) is 22.6 Å². The molecule has 1 aliphatic heterocycles. The van der Waals surface area contributed by atoms with Crippen LogP contribution < -0.4 is 10.1 Å². The van der Waals surface area contributed by atoms with Crippen molar-refractivity contribution in [2.45, 2.75) is 13.1 Å². The fourth-order valence-electron chi connectivity index (χ4n) is 2.95. The molecule has 0 atom stereocenters. The van der Waals surface area contributed by atoms with Crippen molar-refractivity contribution in [1.82, 2.24) is 15.2 Å². The Morgan fingerprint density at radius 3 is 2.72 bits per heavy atom. The third-order valence-corrected chi connectivity index (χ3v) is 4.18. The number of rotatable bonds is 3. The summed E-state index contributed by atoms with van der Waals surface area (Å²) in [4.78, 5) is 17.9. The van der Waals surface area contributed by atoms with E-state index in [1.165, 1.54) is 13.3 Å². The highest BCUT2D eigenvalue weighted by atomic mass is 16.5. The number of fused-ring (bicyclic) bond motifs is 1. The van der Waals surface area contributed by atoms with Crippen molar-refractivity contribution in [3.05, 3.63) is 46.8 Å². The summed E-state index contributed by atoms with van der Waals surface area (Å²) in [6, 6.07) is 7.32. The molecule has 1 amide bonds. The number of nitriles is 2. The Morgan fingerprint density at radius 2 is 2.08 bits per heavy atom. The minimum Gasteiger partial charge on any atom is -0.495 e. The van der Waals surface area contributed by atoms with Crippen molar-refractivity contribution in [3.63, 3.8) is 0 Å². The summed E-state index contributed by atoms with van der Waals surface area (Å²) in [6.45, 7) is 0.861. The Bertz CT molecular complexity index is 940. The summed E-state index contributed by atoms with van der Waals surface area (Å²) in [5.41, 5.74) is 3.83. The van der Waals surface area contributed by atoms with E-state index >= 15 is 0 Å². The molecule has 7 nitrogen and oxygen atoms in total. The van der Waals surface area contributed by atoms with Gasteiger partial charge in [0.25, 0.3) is 5.91 Å². The molecule has 0 bridgehead atoms. The van der Waals surface area contributed by atoms with Crippen LogP contribution in [-0.4, -0.2) is 29.9 Å². The second kappa shape index (κ2) is 6.50. The quantitative estimate of drug-likeness (QED) is 0.859. The summed E-state index contributed by atoms with van der Waals surface area (Å²) in [6.07, 6.45) is 3.61. The second-order valence-corrected chi connectivity index (χ2v) is 5.58. The number of carbonyl (C=O) groups is 1. The highest BCUT2D eigenvalue weighted by Crippen LogP contribution is 2.36. The van der Waals surface area contributed by atoms with Crippen LogP contribution in [0.1, 0.15) is 27.2 Å². The number of benzene rings is 1. The number of methoxy groups -OCH3 is 1. The smallest absolute Gasteiger partial charge is 0.251 e. The number of nitrogens with zero attached hydrogens (tertiary/aromatic N) is 4. The Morgan fingerprint density at radius 1 is 1.28 bits per heavy atom. The van der Waals surface area contributed by atoms with Crippen LogP contribution in [0.4, 0.5) is 0 Å². The molecular weight excluding hydrogens is 318 g/mol. The molecule has 0 spiro atoms.